The predicted molar refractivity (Wildman–Crippen MR) is 247 cm³/mol. The van der Waals surface area contributed by atoms with Crippen LogP contribution in [0.5, 0.6) is 0 Å². The normalized spacial score (nSPS) is 36.7. The van der Waals surface area contributed by atoms with Gasteiger partial charge in [-0.1, -0.05) is 83.3 Å². The van der Waals surface area contributed by atoms with Crippen LogP contribution in [0.1, 0.15) is 150 Å². The summed E-state index contributed by atoms with van der Waals surface area (Å²) < 4.78 is 0. The number of aryl methyl sites for hydroxylation is 1. The molecule has 1 aromatic carbocycles. The van der Waals surface area contributed by atoms with Crippen molar-refractivity contribution in [2.45, 2.75) is 157 Å². The molecule has 0 heterocycles. The van der Waals surface area contributed by atoms with Gasteiger partial charge < -0.3 is 26.6 Å². The summed E-state index contributed by atoms with van der Waals surface area (Å²) in [5, 5.41) is 27.5. The molecule has 0 bridgehead atoms. The number of ketones is 2. The number of benzene rings is 1. The van der Waals surface area contributed by atoms with E-state index in [-0.39, 0.29) is 51.9 Å². The molecular formula is C52H80ClN3O6. The molecule has 6 N–H and O–H groups in total. The molecule has 9 nitrogen and oxygen atoms in total. The molecule has 12 unspecified atom stereocenters. The van der Waals surface area contributed by atoms with Crippen molar-refractivity contribution in [3.8, 4) is 0 Å². The highest BCUT2D eigenvalue weighted by atomic mass is 35.5. The number of nitrogens with two attached hydrogens (primary N) is 1. The number of hydrogen-bond acceptors (Lipinski definition) is 7. The van der Waals surface area contributed by atoms with Gasteiger partial charge in [-0.05, 0) is 179 Å². The van der Waals surface area contributed by atoms with E-state index in [0.29, 0.717) is 86.3 Å². The first kappa shape index (κ1) is 48.9. The van der Waals surface area contributed by atoms with E-state index in [1.165, 1.54) is 30.4 Å². The largest absolute Gasteiger partial charge is 0.481 e. The van der Waals surface area contributed by atoms with Crippen molar-refractivity contribution in [1.29, 1.82) is 0 Å². The van der Waals surface area contributed by atoms with Crippen LogP contribution in [0.4, 0.5) is 0 Å². The van der Waals surface area contributed by atoms with Crippen LogP contribution >= 0.6 is 11.6 Å². The third kappa shape index (κ3) is 9.27. The third-order valence-corrected chi connectivity index (χ3v) is 18.8. The monoisotopic (exact) mass is 878 g/mol. The molecule has 5 fully saturated rings. The van der Waals surface area contributed by atoms with E-state index in [0.717, 1.165) is 62.0 Å². The van der Waals surface area contributed by atoms with Crippen LogP contribution in [-0.4, -0.2) is 59.5 Å². The molecule has 5 saturated carbocycles. The quantitative estimate of drug-likeness (QED) is 0.0624. The molecule has 346 valence electrons. The number of carbonyl (C=O) groups is 4. The minimum atomic E-state index is -1.31. The van der Waals surface area contributed by atoms with Gasteiger partial charge >= 0.3 is 5.97 Å². The highest BCUT2D eigenvalue weighted by molar-refractivity contribution is 6.30. The summed E-state index contributed by atoms with van der Waals surface area (Å²) in [5.74, 6) is 2.00. The van der Waals surface area contributed by atoms with Crippen molar-refractivity contribution < 1.29 is 29.4 Å². The lowest BCUT2D eigenvalue weighted by Gasteiger charge is -2.69. The van der Waals surface area contributed by atoms with Crippen molar-refractivity contribution in [3.05, 3.63) is 46.0 Å². The summed E-state index contributed by atoms with van der Waals surface area (Å²) in [7, 11) is 0. The first-order chi connectivity index (χ1) is 29.2. The number of carbonyl (C=O) groups excluding carboxylic acids is 3. The van der Waals surface area contributed by atoms with Gasteiger partial charge in [-0.3, -0.25) is 19.2 Å². The van der Waals surface area contributed by atoms with Crippen LogP contribution in [0.25, 0.3) is 0 Å². The lowest BCUT2D eigenvalue weighted by Crippen LogP contribution is -2.62. The van der Waals surface area contributed by atoms with Crippen molar-refractivity contribution in [2.75, 3.05) is 19.6 Å². The number of fused-ring (bicyclic) bond motifs is 7. The lowest BCUT2D eigenvalue weighted by molar-refractivity contribution is -0.193. The average Bonchev–Trinajstić information content (AvgIpc) is 3.51. The van der Waals surface area contributed by atoms with E-state index in [2.05, 4.69) is 52.2 Å². The second-order valence-electron chi connectivity index (χ2n) is 22.5. The molecule has 0 aliphatic heterocycles. The summed E-state index contributed by atoms with van der Waals surface area (Å²) in [5.41, 5.74) is 8.49. The Hall–Kier alpha value is -2.59. The molecule has 7 rings (SSSR count). The number of hydrogen-bond donors (Lipinski definition) is 5. The zero-order chi connectivity index (χ0) is 45.4. The number of aliphatic hydroxyl groups is 1. The maximum Gasteiger partial charge on any atom is 0.306 e. The van der Waals surface area contributed by atoms with Crippen molar-refractivity contribution in [2.24, 2.45) is 80.7 Å². The fraction of sp³-hybridized carbons (Fsp3) is 0.769. The maximum absolute atomic E-state index is 14.0. The summed E-state index contributed by atoms with van der Waals surface area (Å²) in [6, 6.07) is 7.75. The number of halogens is 1. The number of Topliss-reactive ketones (excluding diaryl/α,β-unsaturated/α-hetero) is 2. The zero-order valence-electron chi connectivity index (χ0n) is 39.3. The number of carboxylic acids is 1. The summed E-state index contributed by atoms with van der Waals surface area (Å²) in [6.07, 6.45) is 14.2. The molecule has 62 heavy (non-hydrogen) atoms. The number of nitrogens with one attached hydrogen (secondary N) is 2. The molecule has 1 aromatic rings. The molecule has 12 atom stereocenters. The van der Waals surface area contributed by atoms with Crippen LogP contribution in [0.3, 0.4) is 0 Å². The highest BCUT2D eigenvalue weighted by Crippen LogP contribution is 2.74. The second kappa shape index (κ2) is 19.1. The Labute approximate surface area is 377 Å². The van der Waals surface area contributed by atoms with Gasteiger partial charge in [0.15, 0.2) is 5.78 Å². The van der Waals surface area contributed by atoms with E-state index in [9.17, 15) is 29.4 Å². The summed E-state index contributed by atoms with van der Waals surface area (Å²) in [6.45, 7) is 20.0. The number of unbranched alkanes of at least 4 members (excludes halogenated alkanes) is 1. The Kier molecular flexibility index (Phi) is 15.0. The first-order valence-corrected chi connectivity index (χ1v) is 24.7. The average molecular weight is 879 g/mol. The second-order valence-corrected chi connectivity index (χ2v) is 22.9. The van der Waals surface area contributed by atoms with E-state index in [4.69, 9.17) is 17.3 Å². The number of carboxylic acid groups (broad SMARTS) is 1. The molecule has 6 aliphatic carbocycles. The van der Waals surface area contributed by atoms with E-state index < -0.39 is 11.7 Å². The topological polar surface area (TPSA) is 159 Å². The Morgan fingerprint density at radius 1 is 0.968 bits per heavy atom. The molecule has 6 aliphatic rings. The molecule has 0 saturated heterocycles. The molecule has 1 amide bonds. The van der Waals surface area contributed by atoms with Gasteiger partial charge in [0.1, 0.15) is 11.5 Å². The number of amides is 1. The number of rotatable bonds is 16. The predicted octanol–water partition coefficient (Wildman–Crippen LogP) is 9.70. The molecule has 0 aromatic heterocycles. The molecular weight excluding hydrogens is 798 g/mol. The van der Waals surface area contributed by atoms with Gasteiger partial charge in [-0.2, -0.15) is 0 Å². The Balaban J connectivity index is 0.000000720. The molecule has 10 heteroatoms. The van der Waals surface area contributed by atoms with E-state index in [1.807, 2.05) is 38.1 Å². The Morgan fingerprint density at radius 3 is 2.27 bits per heavy atom. The van der Waals surface area contributed by atoms with Gasteiger partial charge in [0.05, 0.1) is 5.92 Å². The fourth-order valence-electron chi connectivity index (χ4n) is 15.2. The summed E-state index contributed by atoms with van der Waals surface area (Å²) in [4.78, 5) is 50.5. The van der Waals surface area contributed by atoms with Crippen LogP contribution < -0.4 is 16.4 Å². The minimum absolute atomic E-state index is 0.0395. The zero-order valence-corrected chi connectivity index (χ0v) is 40.0. The van der Waals surface area contributed by atoms with Gasteiger partial charge in [0, 0.05) is 35.7 Å². The SMILES string of the molecule is CC(C)C1=C2C3CCC4C(C)(CCC5C(C)(C)C(CC(=O)C6CC(C(=O)O)C6C)CCC54C)C3CCC2(CCNCC(O)(CCCCN)NC=O)CC1=O.Cc1ccc(Cl)cc1. The number of allylic oxidation sites excluding steroid dienone is 2. The fourth-order valence-corrected chi connectivity index (χ4v) is 15.3. The third-order valence-electron chi connectivity index (χ3n) is 18.5. The smallest absolute Gasteiger partial charge is 0.306 e. The number of aliphatic carboxylic acids is 1. The van der Waals surface area contributed by atoms with Crippen LogP contribution in [0.15, 0.2) is 35.4 Å². The van der Waals surface area contributed by atoms with Gasteiger partial charge in [-0.15, -0.1) is 0 Å². The Morgan fingerprint density at radius 2 is 1.66 bits per heavy atom. The van der Waals surface area contributed by atoms with E-state index in [1.54, 1.807) is 0 Å². The summed E-state index contributed by atoms with van der Waals surface area (Å²) >= 11 is 5.61. The van der Waals surface area contributed by atoms with Gasteiger partial charge in [0.2, 0.25) is 6.41 Å². The van der Waals surface area contributed by atoms with Crippen LogP contribution in [-0.2, 0) is 19.2 Å². The van der Waals surface area contributed by atoms with Gasteiger partial charge in [-0.25, -0.2) is 0 Å². The van der Waals surface area contributed by atoms with Crippen molar-refractivity contribution in [3.63, 3.8) is 0 Å². The maximum atomic E-state index is 14.0. The molecule has 0 spiro atoms. The standard InChI is InChI=1S/C45H73N3O6.C7H7Cl/c1-27(2)38-35(51)24-44(19-21-47-25-45(54,48-26-49)15-8-9-20-46)18-13-33-30(39(38)44)10-11-37-42(33,6)17-14-36-41(4,5)29(12-16-43(36,37)7)22-34(50)31-23-32(28(31)3)40(52)53;1-6-2-4-7(8)5-3-6/h26-33,36-37,47,54H,8-25,46H2,1-7H3,(H,48,49)(H,52,53);2-5H,1H3. The van der Waals surface area contributed by atoms with Crippen molar-refractivity contribution >= 4 is 35.5 Å². The first-order valence-electron chi connectivity index (χ1n) is 24.3. The van der Waals surface area contributed by atoms with Gasteiger partial charge in [0.25, 0.3) is 0 Å². The highest BCUT2D eigenvalue weighted by Gasteiger charge is 2.66. The van der Waals surface area contributed by atoms with E-state index >= 15 is 0 Å². The Bertz CT molecular complexity index is 1810. The van der Waals surface area contributed by atoms with Crippen molar-refractivity contribution in [1.82, 2.24) is 10.6 Å². The minimum Gasteiger partial charge on any atom is -0.481 e. The lowest BCUT2D eigenvalue weighted by atomic mass is 9.35. The van der Waals surface area contributed by atoms with Crippen LogP contribution in [0, 0.1) is 81.8 Å². The van der Waals surface area contributed by atoms with Crippen LogP contribution in [0.2, 0.25) is 5.02 Å². The molecule has 0 radical (unpaired) electrons.